The molecule has 2 N–H and O–H groups in total. The predicted molar refractivity (Wildman–Crippen MR) is 64.8 cm³/mol. The highest BCUT2D eigenvalue weighted by molar-refractivity contribution is 9.10. The molecule has 1 fully saturated rings. The van der Waals surface area contributed by atoms with Crippen LogP contribution in [-0.2, 0) is 11.2 Å². The van der Waals surface area contributed by atoms with E-state index < -0.39 is 0 Å². The van der Waals surface area contributed by atoms with Crippen LogP contribution in [-0.4, -0.2) is 18.8 Å². The highest BCUT2D eigenvalue weighted by Gasteiger charge is 2.28. The molecule has 1 saturated heterocycles. The second kappa shape index (κ2) is 4.64. The molecule has 0 saturated carbocycles. The number of nitrogens with two attached hydrogens (primary N) is 1. The van der Waals surface area contributed by atoms with Crippen molar-refractivity contribution >= 4 is 15.9 Å². The maximum atomic E-state index is 6.31. The van der Waals surface area contributed by atoms with E-state index in [1.807, 2.05) is 12.1 Å². The van der Waals surface area contributed by atoms with Crippen molar-refractivity contribution in [3.63, 3.8) is 0 Å². The fraction of sp³-hybridized carbons (Fsp3) is 0.500. The quantitative estimate of drug-likeness (QED) is 0.896. The molecule has 82 valence electrons. The first-order valence-electron chi connectivity index (χ1n) is 5.30. The van der Waals surface area contributed by atoms with Crippen LogP contribution in [0.3, 0.4) is 0 Å². The van der Waals surface area contributed by atoms with Gasteiger partial charge in [-0.05, 0) is 30.9 Å². The highest BCUT2D eigenvalue weighted by Crippen LogP contribution is 2.25. The number of hydrogen-bond donors (Lipinski definition) is 1. The summed E-state index contributed by atoms with van der Waals surface area (Å²) in [6.45, 7) is 1.53. The standard InChI is InChI=1S/C12H16BrNO/c13-11-5-2-1-4-10(11)8-12(14)6-3-7-15-9-12/h1-2,4-5H,3,6-9,14H2. The molecule has 0 amide bonds. The highest BCUT2D eigenvalue weighted by atomic mass is 79.9. The molecule has 1 aromatic rings. The van der Waals surface area contributed by atoms with Gasteiger partial charge in [0.2, 0.25) is 0 Å². The summed E-state index contributed by atoms with van der Waals surface area (Å²) in [7, 11) is 0. The van der Waals surface area contributed by atoms with E-state index in [9.17, 15) is 0 Å². The molecule has 1 heterocycles. The van der Waals surface area contributed by atoms with Gasteiger partial charge in [0.25, 0.3) is 0 Å². The maximum Gasteiger partial charge on any atom is 0.0649 e. The number of hydrogen-bond acceptors (Lipinski definition) is 2. The van der Waals surface area contributed by atoms with Gasteiger partial charge < -0.3 is 10.5 Å². The molecule has 15 heavy (non-hydrogen) atoms. The fourth-order valence-corrected chi connectivity index (χ4v) is 2.46. The molecular weight excluding hydrogens is 254 g/mol. The second-order valence-electron chi connectivity index (χ2n) is 4.29. The summed E-state index contributed by atoms with van der Waals surface area (Å²) in [5.41, 5.74) is 7.40. The molecule has 0 spiro atoms. The van der Waals surface area contributed by atoms with Crippen molar-refractivity contribution in [2.45, 2.75) is 24.8 Å². The lowest BCUT2D eigenvalue weighted by Crippen LogP contribution is -2.49. The van der Waals surface area contributed by atoms with Crippen LogP contribution in [0.25, 0.3) is 0 Å². The van der Waals surface area contributed by atoms with Crippen LogP contribution in [0.2, 0.25) is 0 Å². The van der Waals surface area contributed by atoms with Crippen molar-refractivity contribution in [3.8, 4) is 0 Å². The van der Waals surface area contributed by atoms with Gasteiger partial charge in [0.05, 0.1) is 6.61 Å². The largest absolute Gasteiger partial charge is 0.380 e. The third-order valence-electron chi connectivity index (χ3n) is 2.85. The van der Waals surface area contributed by atoms with E-state index in [1.165, 1.54) is 5.56 Å². The van der Waals surface area contributed by atoms with E-state index in [4.69, 9.17) is 10.5 Å². The zero-order valence-electron chi connectivity index (χ0n) is 8.71. The van der Waals surface area contributed by atoms with Gasteiger partial charge in [0.15, 0.2) is 0 Å². The molecule has 0 bridgehead atoms. The fourth-order valence-electron chi connectivity index (χ4n) is 2.03. The smallest absolute Gasteiger partial charge is 0.0649 e. The number of halogens is 1. The summed E-state index contributed by atoms with van der Waals surface area (Å²) in [6.07, 6.45) is 3.00. The summed E-state index contributed by atoms with van der Waals surface area (Å²) in [5.74, 6) is 0. The summed E-state index contributed by atoms with van der Waals surface area (Å²) >= 11 is 3.55. The monoisotopic (exact) mass is 269 g/mol. The van der Waals surface area contributed by atoms with E-state index in [0.29, 0.717) is 6.61 Å². The summed E-state index contributed by atoms with van der Waals surface area (Å²) < 4.78 is 6.60. The van der Waals surface area contributed by atoms with E-state index in [0.717, 1.165) is 30.3 Å². The van der Waals surface area contributed by atoms with E-state index in [1.54, 1.807) is 0 Å². The van der Waals surface area contributed by atoms with Crippen LogP contribution in [0.4, 0.5) is 0 Å². The zero-order valence-corrected chi connectivity index (χ0v) is 10.3. The van der Waals surface area contributed by atoms with Gasteiger partial charge in [0, 0.05) is 16.6 Å². The average molecular weight is 270 g/mol. The van der Waals surface area contributed by atoms with Crippen LogP contribution in [0.1, 0.15) is 18.4 Å². The van der Waals surface area contributed by atoms with Crippen molar-refractivity contribution in [2.75, 3.05) is 13.2 Å². The van der Waals surface area contributed by atoms with Crippen molar-refractivity contribution in [1.82, 2.24) is 0 Å². The predicted octanol–water partition coefficient (Wildman–Crippen LogP) is 2.50. The van der Waals surface area contributed by atoms with Crippen molar-refractivity contribution in [2.24, 2.45) is 5.73 Å². The minimum Gasteiger partial charge on any atom is -0.380 e. The van der Waals surface area contributed by atoms with E-state index in [2.05, 4.69) is 28.1 Å². The molecular formula is C12H16BrNO. The first-order valence-corrected chi connectivity index (χ1v) is 6.09. The Hall–Kier alpha value is -0.380. The molecule has 0 aliphatic carbocycles. The molecule has 0 radical (unpaired) electrons. The lowest BCUT2D eigenvalue weighted by atomic mass is 9.87. The molecule has 1 unspecified atom stereocenters. The van der Waals surface area contributed by atoms with Gasteiger partial charge in [-0.2, -0.15) is 0 Å². The summed E-state index contributed by atoms with van der Waals surface area (Å²) in [6, 6.07) is 8.25. The third kappa shape index (κ3) is 2.80. The van der Waals surface area contributed by atoms with Crippen LogP contribution in [0.5, 0.6) is 0 Å². The van der Waals surface area contributed by atoms with E-state index in [-0.39, 0.29) is 5.54 Å². The molecule has 3 heteroatoms. The SMILES string of the molecule is NC1(Cc2ccccc2Br)CCCOC1. The van der Waals surface area contributed by atoms with Gasteiger partial charge in [-0.15, -0.1) is 0 Å². The molecule has 1 aliphatic heterocycles. The average Bonchev–Trinajstić information content (AvgIpc) is 2.22. The lowest BCUT2D eigenvalue weighted by Gasteiger charge is -2.33. The van der Waals surface area contributed by atoms with E-state index >= 15 is 0 Å². The zero-order chi connectivity index (χ0) is 10.7. The Morgan fingerprint density at radius 1 is 1.40 bits per heavy atom. The van der Waals surface area contributed by atoms with Crippen molar-refractivity contribution in [3.05, 3.63) is 34.3 Å². The van der Waals surface area contributed by atoms with Crippen LogP contribution in [0, 0.1) is 0 Å². The minimum atomic E-state index is -0.178. The van der Waals surface area contributed by atoms with Gasteiger partial charge in [-0.25, -0.2) is 0 Å². The minimum absolute atomic E-state index is 0.178. The van der Waals surface area contributed by atoms with Crippen LogP contribution >= 0.6 is 15.9 Å². The molecule has 0 aromatic heterocycles. The Labute approximate surface area is 98.9 Å². The second-order valence-corrected chi connectivity index (χ2v) is 5.14. The molecule has 2 rings (SSSR count). The first kappa shape index (κ1) is 11.1. The Balaban J connectivity index is 2.10. The van der Waals surface area contributed by atoms with Gasteiger partial charge in [-0.3, -0.25) is 0 Å². The normalized spacial score (nSPS) is 26.5. The molecule has 1 aromatic carbocycles. The van der Waals surface area contributed by atoms with Crippen LogP contribution in [0.15, 0.2) is 28.7 Å². The Morgan fingerprint density at radius 2 is 2.20 bits per heavy atom. The van der Waals surface area contributed by atoms with Gasteiger partial charge in [0.1, 0.15) is 0 Å². The molecule has 2 nitrogen and oxygen atoms in total. The summed E-state index contributed by atoms with van der Waals surface area (Å²) in [5, 5.41) is 0. The number of benzene rings is 1. The Kier molecular flexibility index (Phi) is 3.44. The Bertz CT molecular complexity index is 334. The van der Waals surface area contributed by atoms with Crippen molar-refractivity contribution in [1.29, 1.82) is 0 Å². The Morgan fingerprint density at radius 3 is 2.87 bits per heavy atom. The molecule has 1 atom stereocenters. The topological polar surface area (TPSA) is 35.2 Å². The summed E-state index contributed by atoms with van der Waals surface area (Å²) in [4.78, 5) is 0. The van der Waals surface area contributed by atoms with Crippen molar-refractivity contribution < 1.29 is 4.74 Å². The third-order valence-corrected chi connectivity index (χ3v) is 3.63. The van der Waals surface area contributed by atoms with Gasteiger partial charge in [-0.1, -0.05) is 34.1 Å². The number of ether oxygens (including phenoxy) is 1. The maximum absolute atomic E-state index is 6.31. The van der Waals surface area contributed by atoms with Gasteiger partial charge >= 0.3 is 0 Å². The van der Waals surface area contributed by atoms with Crippen LogP contribution < -0.4 is 5.73 Å². The first-order chi connectivity index (χ1) is 7.20. The lowest BCUT2D eigenvalue weighted by molar-refractivity contribution is 0.0382. The number of rotatable bonds is 2. The molecule has 1 aliphatic rings.